The zero-order valence-corrected chi connectivity index (χ0v) is 8.36. The van der Waals surface area contributed by atoms with E-state index in [1.165, 1.54) is 6.20 Å². The van der Waals surface area contributed by atoms with Crippen molar-refractivity contribution in [1.29, 1.82) is 0 Å². The summed E-state index contributed by atoms with van der Waals surface area (Å²) >= 11 is 0. The second kappa shape index (κ2) is 3.06. The fourth-order valence-electron chi connectivity index (χ4n) is 1.95. The van der Waals surface area contributed by atoms with E-state index in [2.05, 4.69) is 9.97 Å². The number of aromatic hydroxyl groups is 2. The molecule has 16 heavy (non-hydrogen) atoms. The van der Waals surface area contributed by atoms with Crippen molar-refractivity contribution in [1.82, 2.24) is 9.97 Å². The Kier molecular flexibility index (Phi) is 1.71. The lowest BCUT2D eigenvalue weighted by Gasteiger charge is -1.98. The lowest BCUT2D eigenvalue weighted by molar-refractivity contribution is 0.455. The van der Waals surface area contributed by atoms with Crippen molar-refractivity contribution in [2.75, 3.05) is 0 Å². The summed E-state index contributed by atoms with van der Waals surface area (Å²) < 4.78 is 0. The summed E-state index contributed by atoms with van der Waals surface area (Å²) in [6, 6.07) is 7.73. The fourth-order valence-corrected chi connectivity index (χ4v) is 1.95. The van der Waals surface area contributed by atoms with Gasteiger partial charge in [-0.05, 0) is 6.07 Å². The number of aromatic nitrogens is 2. The molecule has 0 spiro atoms. The van der Waals surface area contributed by atoms with Crippen LogP contribution in [-0.2, 0) is 0 Å². The van der Waals surface area contributed by atoms with Crippen molar-refractivity contribution in [2.24, 2.45) is 0 Å². The molecule has 4 nitrogen and oxygen atoms in total. The number of rotatable bonds is 1. The number of nitrogens with one attached hydrogen (secondary N) is 2. The van der Waals surface area contributed by atoms with E-state index in [9.17, 15) is 10.2 Å². The van der Waals surface area contributed by atoms with Gasteiger partial charge in [0.15, 0.2) is 5.88 Å². The summed E-state index contributed by atoms with van der Waals surface area (Å²) in [6.45, 7) is 0. The van der Waals surface area contributed by atoms with Crippen molar-refractivity contribution in [3.05, 3.63) is 36.7 Å². The number of hydrogen-bond donors (Lipinski definition) is 4. The van der Waals surface area contributed by atoms with E-state index in [4.69, 9.17) is 0 Å². The Balaban J connectivity index is 2.35. The van der Waals surface area contributed by atoms with Gasteiger partial charge in [0.2, 0.25) is 0 Å². The highest BCUT2D eigenvalue weighted by Gasteiger charge is 2.15. The maximum Gasteiger partial charge on any atom is 0.200 e. The van der Waals surface area contributed by atoms with E-state index in [1.807, 2.05) is 24.3 Å². The van der Waals surface area contributed by atoms with Gasteiger partial charge in [-0.3, -0.25) is 0 Å². The Morgan fingerprint density at radius 2 is 1.75 bits per heavy atom. The summed E-state index contributed by atoms with van der Waals surface area (Å²) in [6.07, 6.45) is 3.14. The SMILES string of the molecule is Oc1c[nH]c(O)c1-c1c[nH]c2ccccc12. The Morgan fingerprint density at radius 3 is 2.50 bits per heavy atom. The first kappa shape index (κ1) is 8.91. The van der Waals surface area contributed by atoms with Gasteiger partial charge in [0.25, 0.3) is 0 Å². The van der Waals surface area contributed by atoms with Crippen molar-refractivity contribution >= 4 is 10.9 Å². The van der Waals surface area contributed by atoms with Crippen molar-refractivity contribution in [2.45, 2.75) is 0 Å². The van der Waals surface area contributed by atoms with E-state index in [0.29, 0.717) is 5.56 Å². The summed E-state index contributed by atoms with van der Waals surface area (Å²) in [5, 5.41) is 20.3. The Bertz CT molecular complexity index is 632. The van der Waals surface area contributed by atoms with E-state index >= 15 is 0 Å². The summed E-state index contributed by atoms with van der Waals surface area (Å²) in [5.41, 5.74) is 2.18. The van der Waals surface area contributed by atoms with Crippen LogP contribution in [0.4, 0.5) is 0 Å². The largest absolute Gasteiger partial charge is 0.506 e. The second-order valence-electron chi connectivity index (χ2n) is 3.65. The quantitative estimate of drug-likeness (QED) is 0.502. The van der Waals surface area contributed by atoms with Crippen LogP contribution in [-0.4, -0.2) is 20.2 Å². The minimum atomic E-state index is -0.0257. The van der Waals surface area contributed by atoms with Gasteiger partial charge >= 0.3 is 0 Å². The lowest BCUT2D eigenvalue weighted by Crippen LogP contribution is -1.73. The number of fused-ring (bicyclic) bond motifs is 1. The molecule has 1 aromatic carbocycles. The first-order valence-corrected chi connectivity index (χ1v) is 4.93. The molecule has 2 aromatic heterocycles. The van der Waals surface area contributed by atoms with Crippen LogP contribution < -0.4 is 0 Å². The number of benzene rings is 1. The van der Waals surface area contributed by atoms with Gasteiger partial charge in [-0.25, -0.2) is 0 Å². The molecule has 0 aliphatic carbocycles. The van der Waals surface area contributed by atoms with Gasteiger partial charge in [0.1, 0.15) is 5.75 Å². The zero-order chi connectivity index (χ0) is 11.1. The molecule has 0 aliphatic heterocycles. The maximum absolute atomic E-state index is 9.66. The van der Waals surface area contributed by atoms with Crippen LogP contribution in [0.25, 0.3) is 22.0 Å². The van der Waals surface area contributed by atoms with Gasteiger partial charge in [0, 0.05) is 28.9 Å². The summed E-state index contributed by atoms with van der Waals surface area (Å²) in [4.78, 5) is 5.68. The van der Waals surface area contributed by atoms with Crippen molar-refractivity contribution in [3.63, 3.8) is 0 Å². The Labute approximate surface area is 91.2 Å². The predicted molar refractivity (Wildman–Crippen MR) is 61.4 cm³/mol. The van der Waals surface area contributed by atoms with Crippen LogP contribution in [0, 0.1) is 0 Å². The molecule has 0 saturated carbocycles. The van der Waals surface area contributed by atoms with E-state index in [0.717, 1.165) is 16.5 Å². The smallest absolute Gasteiger partial charge is 0.200 e. The third-order valence-corrected chi connectivity index (χ3v) is 2.70. The minimum Gasteiger partial charge on any atom is -0.506 e. The molecule has 0 radical (unpaired) electrons. The number of H-pyrrole nitrogens is 2. The monoisotopic (exact) mass is 214 g/mol. The average Bonchev–Trinajstić information content (AvgIpc) is 2.83. The molecular formula is C12H10N2O2. The number of para-hydroxylation sites is 1. The normalized spacial score (nSPS) is 11.0. The standard InChI is InChI=1S/C12H10N2O2/c15-10-6-14-12(16)11(10)8-5-13-9-4-2-1-3-7(8)9/h1-6,13-16H. The van der Waals surface area contributed by atoms with Gasteiger partial charge in [-0.2, -0.15) is 0 Å². The van der Waals surface area contributed by atoms with Crippen LogP contribution in [0.5, 0.6) is 11.6 Å². The third-order valence-electron chi connectivity index (χ3n) is 2.70. The molecule has 2 heterocycles. The van der Waals surface area contributed by atoms with E-state index in [-0.39, 0.29) is 11.6 Å². The molecule has 4 heteroatoms. The summed E-state index contributed by atoms with van der Waals surface area (Å²) in [5.74, 6) is 0.0181. The van der Waals surface area contributed by atoms with Crippen LogP contribution in [0.2, 0.25) is 0 Å². The molecule has 0 amide bonds. The van der Waals surface area contributed by atoms with Gasteiger partial charge < -0.3 is 20.2 Å². The highest BCUT2D eigenvalue weighted by molar-refractivity contribution is 5.98. The Morgan fingerprint density at radius 1 is 0.938 bits per heavy atom. The van der Waals surface area contributed by atoms with E-state index < -0.39 is 0 Å². The first-order valence-electron chi connectivity index (χ1n) is 4.93. The zero-order valence-electron chi connectivity index (χ0n) is 8.36. The van der Waals surface area contributed by atoms with Gasteiger partial charge in [-0.1, -0.05) is 18.2 Å². The second-order valence-corrected chi connectivity index (χ2v) is 3.65. The number of hydrogen-bond acceptors (Lipinski definition) is 2. The Hall–Kier alpha value is -2.36. The number of aromatic amines is 2. The van der Waals surface area contributed by atoms with Gasteiger partial charge in [0.05, 0.1) is 5.56 Å². The topological polar surface area (TPSA) is 72.0 Å². The molecular weight excluding hydrogens is 204 g/mol. The highest BCUT2D eigenvalue weighted by atomic mass is 16.3. The molecule has 0 aliphatic rings. The molecule has 4 N–H and O–H groups in total. The molecule has 3 rings (SSSR count). The average molecular weight is 214 g/mol. The van der Waals surface area contributed by atoms with Crippen LogP contribution >= 0.6 is 0 Å². The molecule has 0 atom stereocenters. The van der Waals surface area contributed by atoms with Gasteiger partial charge in [-0.15, -0.1) is 0 Å². The third kappa shape index (κ3) is 1.10. The van der Waals surface area contributed by atoms with Crippen LogP contribution in [0.1, 0.15) is 0 Å². The first-order chi connectivity index (χ1) is 7.77. The van der Waals surface area contributed by atoms with Crippen molar-refractivity contribution in [3.8, 4) is 22.8 Å². The molecule has 0 bridgehead atoms. The molecule has 0 fully saturated rings. The molecule has 0 saturated heterocycles. The lowest BCUT2D eigenvalue weighted by atomic mass is 10.1. The van der Waals surface area contributed by atoms with E-state index in [1.54, 1.807) is 6.20 Å². The summed E-state index contributed by atoms with van der Waals surface area (Å²) in [7, 11) is 0. The predicted octanol–water partition coefficient (Wildman–Crippen LogP) is 2.57. The van der Waals surface area contributed by atoms with Crippen LogP contribution in [0.15, 0.2) is 36.7 Å². The molecule has 80 valence electrons. The minimum absolute atomic E-state index is 0.0257. The van der Waals surface area contributed by atoms with Crippen molar-refractivity contribution < 1.29 is 10.2 Å². The fraction of sp³-hybridized carbons (Fsp3) is 0. The van der Waals surface area contributed by atoms with Crippen LogP contribution in [0.3, 0.4) is 0 Å². The molecule has 3 aromatic rings. The maximum atomic E-state index is 9.66. The highest BCUT2D eigenvalue weighted by Crippen LogP contribution is 2.40. The molecule has 0 unspecified atom stereocenters.